The number of Topliss-reactive ketones (excluding diaryl/α,β-unsaturated/α-hetero) is 1. The van der Waals surface area contributed by atoms with Crippen LogP contribution >= 0.6 is 0 Å². The number of nitrogens with zero attached hydrogens (tertiary/aromatic N) is 1. The molecule has 45 valence electrons. The lowest BCUT2D eigenvalue weighted by atomic mass is 10.4. The molecule has 0 spiro atoms. The van der Waals surface area contributed by atoms with Crippen LogP contribution in [0.5, 0.6) is 0 Å². The molecule has 0 aromatic rings. The monoisotopic (exact) mass is 114 g/mol. The van der Waals surface area contributed by atoms with Crippen LogP contribution in [0.2, 0.25) is 0 Å². The third kappa shape index (κ3) is 3.49. The normalized spacial score (nSPS) is 9.38. The van der Waals surface area contributed by atoms with E-state index in [1.54, 1.807) is 19.0 Å². The van der Waals surface area contributed by atoms with E-state index in [2.05, 4.69) is 0 Å². The van der Waals surface area contributed by atoms with Crippen molar-refractivity contribution < 1.29 is 9.59 Å². The van der Waals surface area contributed by atoms with Gasteiger partial charge in [0, 0.05) is 0 Å². The lowest BCUT2D eigenvalue weighted by molar-refractivity contribution is -0.113. The molecule has 3 nitrogen and oxygen atoms in total. The Kier molecular flexibility index (Phi) is 3.03. The van der Waals surface area contributed by atoms with E-state index in [-0.39, 0.29) is 6.54 Å². The zero-order chi connectivity index (χ0) is 6.57. The highest BCUT2D eigenvalue weighted by atomic mass is 16.2. The highest BCUT2D eigenvalue weighted by Crippen LogP contribution is 1.71. The number of hydrogen-bond donors (Lipinski definition) is 0. The molecule has 1 radical (unpaired) electrons. The number of hydrogen-bond acceptors (Lipinski definition) is 3. The van der Waals surface area contributed by atoms with Crippen LogP contribution in [-0.4, -0.2) is 37.6 Å². The van der Waals surface area contributed by atoms with Crippen LogP contribution in [-0.2, 0) is 9.59 Å². The molecule has 0 saturated carbocycles. The van der Waals surface area contributed by atoms with Gasteiger partial charge in [-0.25, -0.2) is 0 Å². The minimum absolute atomic E-state index is 0.156. The number of likely N-dealkylation sites (N-methyl/N-ethyl adjacent to an activating group) is 1. The second-order valence-corrected chi connectivity index (χ2v) is 1.76. The van der Waals surface area contributed by atoms with E-state index in [4.69, 9.17) is 0 Å². The molecular weight excluding hydrogens is 106 g/mol. The summed E-state index contributed by atoms with van der Waals surface area (Å²) in [6.07, 6.45) is 1.27. The van der Waals surface area contributed by atoms with Crippen LogP contribution in [0.4, 0.5) is 0 Å². The summed E-state index contributed by atoms with van der Waals surface area (Å²) < 4.78 is 0. The summed E-state index contributed by atoms with van der Waals surface area (Å²) in [6, 6.07) is 0. The summed E-state index contributed by atoms with van der Waals surface area (Å²) in [5.41, 5.74) is 0. The fourth-order valence-corrected chi connectivity index (χ4v) is 0.319. The maximum atomic E-state index is 10.2. The van der Waals surface area contributed by atoms with Crippen molar-refractivity contribution in [2.45, 2.75) is 0 Å². The SMILES string of the molecule is CN(C)CC(=O)[C]=O. The Bertz CT molecular complexity index is 98.6. The zero-order valence-corrected chi connectivity index (χ0v) is 4.97. The van der Waals surface area contributed by atoms with E-state index >= 15 is 0 Å². The highest BCUT2D eigenvalue weighted by molar-refractivity contribution is 6.26. The van der Waals surface area contributed by atoms with Gasteiger partial charge in [0.25, 0.3) is 6.29 Å². The molecule has 0 aliphatic rings. The van der Waals surface area contributed by atoms with Gasteiger partial charge in [0.1, 0.15) is 0 Å². The second-order valence-electron chi connectivity index (χ2n) is 1.76. The Labute approximate surface area is 48.3 Å². The van der Waals surface area contributed by atoms with E-state index in [1.807, 2.05) is 0 Å². The average Bonchev–Trinajstić information content (AvgIpc) is 1.65. The van der Waals surface area contributed by atoms with Gasteiger partial charge < -0.3 is 4.90 Å². The number of rotatable bonds is 3. The van der Waals surface area contributed by atoms with E-state index in [0.717, 1.165) is 0 Å². The van der Waals surface area contributed by atoms with E-state index < -0.39 is 5.78 Å². The third-order valence-corrected chi connectivity index (χ3v) is 0.574. The molecular formula is C5H8NO2. The van der Waals surface area contributed by atoms with Gasteiger partial charge in [0.2, 0.25) is 5.78 Å². The molecule has 0 N–H and O–H groups in total. The average molecular weight is 114 g/mol. The molecule has 0 aromatic carbocycles. The Morgan fingerprint density at radius 1 is 1.62 bits per heavy atom. The standard InChI is InChI=1S/C5H8NO2/c1-6(2)3-5(8)4-7/h3H2,1-2H3. The molecule has 0 bridgehead atoms. The lowest BCUT2D eigenvalue weighted by Crippen LogP contribution is -2.21. The van der Waals surface area contributed by atoms with Gasteiger partial charge in [-0.05, 0) is 14.1 Å². The summed E-state index contributed by atoms with van der Waals surface area (Å²) in [4.78, 5) is 21.3. The minimum Gasteiger partial charge on any atom is -0.302 e. The molecule has 8 heavy (non-hydrogen) atoms. The van der Waals surface area contributed by atoms with Crippen LogP contribution in [0.1, 0.15) is 0 Å². The molecule has 0 saturated heterocycles. The van der Waals surface area contributed by atoms with Crippen LogP contribution in [0.25, 0.3) is 0 Å². The van der Waals surface area contributed by atoms with Gasteiger partial charge in [-0.3, -0.25) is 9.59 Å². The molecule has 0 atom stereocenters. The van der Waals surface area contributed by atoms with Gasteiger partial charge in [-0.1, -0.05) is 0 Å². The quantitative estimate of drug-likeness (QED) is 0.452. The van der Waals surface area contributed by atoms with Crippen molar-refractivity contribution in [3.8, 4) is 0 Å². The fraction of sp³-hybridized carbons (Fsp3) is 0.600. The van der Waals surface area contributed by atoms with Crippen molar-refractivity contribution in [3.63, 3.8) is 0 Å². The molecule has 0 fully saturated rings. The van der Waals surface area contributed by atoms with Gasteiger partial charge >= 0.3 is 0 Å². The first kappa shape index (κ1) is 7.30. The van der Waals surface area contributed by atoms with Gasteiger partial charge in [0.05, 0.1) is 6.54 Å². The molecule has 0 unspecified atom stereocenters. The van der Waals surface area contributed by atoms with Crippen molar-refractivity contribution in [3.05, 3.63) is 0 Å². The topological polar surface area (TPSA) is 37.4 Å². The summed E-state index contributed by atoms with van der Waals surface area (Å²) >= 11 is 0. The Morgan fingerprint density at radius 2 is 2.12 bits per heavy atom. The summed E-state index contributed by atoms with van der Waals surface area (Å²) in [6.45, 7) is 0.156. The van der Waals surface area contributed by atoms with Crippen LogP contribution in [0.3, 0.4) is 0 Å². The molecule has 0 rings (SSSR count). The Balaban J connectivity index is 3.39. The van der Waals surface area contributed by atoms with E-state index in [0.29, 0.717) is 0 Å². The molecule has 0 aliphatic carbocycles. The van der Waals surface area contributed by atoms with Crippen molar-refractivity contribution >= 4 is 12.1 Å². The largest absolute Gasteiger partial charge is 0.302 e. The van der Waals surface area contributed by atoms with Gasteiger partial charge in [0.15, 0.2) is 0 Å². The molecule has 0 aromatic heterocycles. The van der Waals surface area contributed by atoms with Crippen LogP contribution in [0.15, 0.2) is 0 Å². The van der Waals surface area contributed by atoms with E-state index in [1.165, 1.54) is 6.29 Å². The van der Waals surface area contributed by atoms with Crippen molar-refractivity contribution in [2.75, 3.05) is 20.6 Å². The summed E-state index contributed by atoms with van der Waals surface area (Å²) in [7, 11) is 3.44. The summed E-state index contributed by atoms with van der Waals surface area (Å²) in [5.74, 6) is -0.505. The highest BCUT2D eigenvalue weighted by Gasteiger charge is 1.99. The number of carbonyl (C=O) groups is 1. The predicted molar refractivity (Wildman–Crippen MR) is 29.3 cm³/mol. The maximum Gasteiger partial charge on any atom is 0.273 e. The smallest absolute Gasteiger partial charge is 0.273 e. The first-order valence-electron chi connectivity index (χ1n) is 2.22. The van der Waals surface area contributed by atoms with Crippen molar-refractivity contribution in [2.24, 2.45) is 0 Å². The Morgan fingerprint density at radius 3 is 2.25 bits per heavy atom. The first-order chi connectivity index (χ1) is 3.66. The zero-order valence-electron chi connectivity index (χ0n) is 4.97. The fourth-order valence-electron chi connectivity index (χ4n) is 0.319. The van der Waals surface area contributed by atoms with Gasteiger partial charge in [-0.15, -0.1) is 0 Å². The van der Waals surface area contributed by atoms with Crippen molar-refractivity contribution in [1.82, 2.24) is 4.90 Å². The second kappa shape index (κ2) is 3.32. The molecule has 0 aliphatic heterocycles. The molecule has 3 heteroatoms. The lowest BCUT2D eigenvalue weighted by Gasteiger charge is -2.02. The number of carbonyl (C=O) groups excluding carboxylic acids is 2. The molecule has 0 amide bonds. The number of ketones is 1. The molecule has 0 heterocycles. The summed E-state index contributed by atoms with van der Waals surface area (Å²) in [5, 5.41) is 0. The van der Waals surface area contributed by atoms with E-state index in [9.17, 15) is 9.59 Å². The van der Waals surface area contributed by atoms with Crippen LogP contribution in [0, 0.1) is 0 Å². The predicted octanol–water partition coefficient (Wildman–Crippen LogP) is -0.773. The Hall–Kier alpha value is -0.700. The van der Waals surface area contributed by atoms with Crippen molar-refractivity contribution in [1.29, 1.82) is 0 Å². The third-order valence-electron chi connectivity index (χ3n) is 0.574. The van der Waals surface area contributed by atoms with Crippen LogP contribution < -0.4 is 0 Å². The maximum absolute atomic E-state index is 10.2. The minimum atomic E-state index is -0.505. The van der Waals surface area contributed by atoms with Gasteiger partial charge in [-0.2, -0.15) is 0 Å². The first-order valence-corrected chi connectivity index (χ1v) is 2.22.